The molecule has 2 aromatic heterocycles. The summed E-state index contributed by atoms with van der Waals surface area (Å²) in [5.41, 5.74) is 1.51. The third kappa shape index (κ3) is 2.69. The van der Waals surface area contributed by atoms with Gasteiger partial charge in [-0.3, -0.25) is 4.79 Å². The maximum atomic E-state index is 11.9. The highest BCUT2D eigenvalue weighted by Crippen LogP contribution is 2.21. The quantitative estimate of drug-likeness (QED) is 0.771. The minimum atomic E-state index is -0.134. The number of nitrogens with one attached hydrogen (secondary N) is 2. The van der Waals surface area contributed by atoms with Crippen molar-refractivity contribution in [3.05, 3.63) is 51.7 Å². The summed E-state index contributed by atoms with van der Waals surface area (Å²) in [5, 5.41) is 3.75. The molecule has 0 bridgehead atoms. The van der Waals surface area contributed by atoms with Crippen LogP contribution in [0.3, 0.4) is 0 Å². The lowest BCUT2D eigenvalue weighted by molar-refractivity contribution is 0.0946. The van der Waals surface area contributed by atoms with Crippen LogP contribution in [-0.2, 0) is 6.54 Å². The molecule has 0 spiro atoms. The zero-order valence-electron chi connectivity index (χ0n) is 9.81. The summed E-state index contributed by atoms with van der Waals surface area (Å²) in [6, 6.07) is 9.69. The third-order valence-electron chi connectivity index (χ3n) is 2.63. The molecule has 4 nitrogen and oxygen atoms in total. The van der Waals surface area contributed by atoms with E-state index in [0.717, 1.165) is 19.7 Å². The summed E-state index contributed by atoms with van der Waals surface area (Å²) >= 11 is 4.89. The van der Waals surface area contributed by atoms with Crippen molar-refractivity contribution in [2.45, 2.75) is 6.54 Å². The highest BCUT2D eigenvalue weighted by Gasteiger charge is 2.09. The first-order valence-corrected chi connectivity index (χ1v) is 7.30. The van der Waals surface area contributed by atoms with E-state index in [0.29, 0.717) is 12.2 Å². The molecule has 0 aliphatic carbocycles. The van der Waals surface area contributed by atoms with Crippen LogP contribution >= 0.6 is 27.3 Å². The highest BCUT2D eigenvalue weighted by molar-refractivity contribution is 9.10. The molecule has 0 fully saturated rings. The van der Waals surface area contributed by atoms with Crippen molar-refractivity contribution < 1.29 is 4.79 Å². The van der Waals surface area contributed by atoms with Crippen molar-refractivity contribution in [1.29, 1.82) is 0 Å². The van der Waals surface area contributed by atoms with Crippen molar-refractivity contribution in [1.82, 2.24) is 15.3 Å². The van der Waals surface area contributed by atoms with Gasteiger partial charge < -0.3 is 10.3 Å². The van der Waals surface area contributed by atoms with Gasteiger partial charge in [-0.2, -0.15) is 0 Å². The van der Waals surface area contributed by atoms with Gasteiger partial charge in [0.15, 0.2) is 0 Å². The van der Waals surface area contributed by atoms with Crippen LogP contribution in [0.5, 0.6) is 0 Å². The number of halogens is 1. The van der Waals surface area contributed by atoms with E-state index in [2.05, 4.69) is 31.2 Å². The summed E-state index contributed by atoms with van der Waals surface area (Å²) in [6.45, 7) is 0.439. The van der Waals surface area contributed by atoms with Crippen molar-refractivity contribution >= 4 is 43.4 Å². The van der Waals surface area contributed by atoms with Gasteiger partial charge in [0.2, 0.25) is 0 Å². The number of aromatic nitrogens is 2. The normalized spacial score (nSPS) is 10.8. The number of fused-ring (bicyclic) bond motifs is 1. The Bertz CT molecular complexity index is 701. The second-order valence-electron chi connectivity index (χ2n) is 3.99. The summed E-state index contributed by atoms with van der Waals surface area (Å²) in [6.07, 6.45) is 1.73. The van der Waals surface area contributed by atoms with Gasteiger partial charge in [0.25, 0.3) is 5.91 Å². The van der Waals surface area contributed by atoms with E-state index in [-0.39, 0.29) is 5.91 Å². The lowest BCUT2D eigenvalue weighted by Gasteiger charge is -1.99. The number of aromatic amines is 1. The van der Waals surface area contributed by atoms with E-state index < -0.39 is 0 Å². The average Bonchev–Trinajstić information content (AvgIpc) is 3.01. The molecule has 3 aromatic rings. The molecular formula is C13H10BrN3OS. The van der Waals surface area contributed by atoms with Crippen LogP contribution in [0.15, 0.2) is 41.0 Å². The molecule has 3 rings (SSSR count). The van der Waals surface area contributed by atoms with Crippen molar-refractivity contribution in [2.24, 2.45) is 0 Å². The van der Waals surface area contributed by atoms with Crippen molar-refractivity contribution in [3.63, 3.8) is 0 Å². The van der Waals surface area contributed by atoms with E-state index in [4.69, 9.17) is 0 Å². The van der Waals surface area contributed by atoms with Gasteiger partial charge >= 0.3 is 0 Å². The van der Waals surface area contributed by atoms with Crippen molar-refractivity contribution in [2.75, 3.05) is 0 Å². The minimum absolute atomic E-state index is 0.134. The molecule has 0 aliphatic rings. The molecule has 0 aliphatic heterocycles. The zero-order chi connectivity index (χ0) is 13.2. The van der Waals surface area contributed by atoms with Crippen LogP contribution in [0.2, 0.25) is 0 Å². The van der Waals surface area contributed by atoms with Gasteiger partial charge in [-0.1, -0.05) is 12.1 Å². The Labute approximate surface area is 122 Å². The molecule has 0 saturated heterocycles. The number of amides is 1. The zero-order valence-corrected chi connectivity index (χ0v) is 12.2. The molecule has 2 N–H and O–H groups in total. The predicted octanol–water partition coefficient (Wildman–Crippen LogP) is 3.32. The summed E-state index contributed by atoms with van der Waals surface area (Å²) in [4.78, 5) is 19.2. The van der Waals surface area contributed by atoms with Crippen LogP contribution in [0, 0.1) is 0 Å². The first-order valence-electron chi connectivity index (χ1n) is 5.69. The van der Waals surface area contributed by atoms with Crippen LogP contribution in [0.1, 0.15) is 15.5 Å². The Morgan fingerprint density at radius 2 is 2.26 bits per heavy atom. The number of H-pyrrole nitrogens is 1. The van der Waals surface area contributed by atoms with E-state index in [1.54, 1.807) is 23.6 Å². The number of thiazole rings is 1. The lowest BCUT2D eigenvalue weighted by Crippen LogP contribution is -2.22. The molecule has 0 saturated carbocycles. The fourth-order valence-electron chi connectivity index (χ4n) is 1.75. The number of hydrogen-bond donors (Lipinski definition) is 2. The third-order valence-corrected chi connectivity index (χ3v) is 4.12. The number of rotatable bonds is 3. The first kappa shape index (κ1) is 12.4. The second-order valence-corrected chi connectivity index (χ2v) is 6.02. The molecule has 0 radical (unpaired) electrons. The van der Waals surface area contributed by atoms with Crippen LogP contribution in [0.4, 0.5) is 0 Å². The Morgan fingerprint density at radius 1 is 1.42 bits per heavy atom. The number of hydrogen-bond acceptors (Lipinski definition) is 3. The van der Waals surface area contributed by atoms with Crippen LogP contribution < -0.4 is 5.32 Å². The first-order chi connectivity index (χ1) is 9.22. The number of carbonyl (C=O) groups is 1. The van der Waals surface area contributed by atoms with Gasteiger partial charge in [-0.15, -0.1) is 11.3 Å². The Kier molecular flexibility index (Phi) is 3.35. The maximum Gasteiger partial charge on any atom is 0.268 e. The van der Waals surface area contributed by atoms with Crippen LogP contribution in [-0.4, -0.2) is 15.9 Å². The monoisotopic (exact) mass is 335 g/mol. The van der Waals surface area contributed by atoms with E-state index >= 15 is 0 Å². The Morgan fingerprint density at radius 3 is 3.00 bits per heavy atom. The number of para-hydroxylation sites is 1. The molecule has 0 atom stereocenters. The van der Waals surface area contributed by atoms with Gasteiger partial charge in [0, 0.05) is 10.7 Å². The summed E-state index contributed by atoms with van der Waals surface area (Å²) in [7, 11) is 0. The average molecular weight is 336 g/mol. The van der Waals surface area contributed by atoms with Gasteiger partial charge in [0.05, 0.1) is 16.8 Å². The molecule has 2 heterocycles. The number of carbonyl (C=O) groups excluding carboxylic acids is 1. The maximum absolute atomic E-state index is 11.9. The molecule has 19 heavy (non-hydrogen) atoms. The molecule has 0 unspecified atom stereocenters. The van der Waals surface area contributed by atoms with Gasteiger partial charge in [-0.05, 0) is 34.1 Å². The molecule has 1 aromatic carbocycles. The summed E-state index contributed by atoms with van der Waals surface area (Å²) in [5.74, 6) is -0.134. The predicted molar refractivity (Wildman–Crippen MR) is 79.3 cm³/mol. The van der Waals surface area contributed by atoms with Gasteiger partial charge in [0.1, 0.15) is 10.7 Å². The highest BCUT2D eigenvalue weighted by atomic mass is 79.9. The number of benzene rings is 1. The van der Waals surface area contributed by atoms with E-state index in [1.807, 2.05) is 24.3 Å². The molecular weight excluding hydrogens is 326 g/mol. The minimum Gasteiger partial charge on any atom is -0.356 e. The smallest absolute Gasteiger partial charge is 0.268 e. The van der Waals surface area contributed by atoms with Crippen molar-refractivity contribution in [3.8, 4) is 0 Å². The standard InChI is InChI=1S/C13H10BrN3OS/c14-8-5-10(15-6-8)13(18)16-7-12-17-9-3-1-2-4-11(9)19-12/h1-6,15H,7H2,(H,16,18). The fraction of sp³-hybridized carbons (Fsp3) is 0.0769. The van der Waals surface area contributed by atoms with E-state index in [1.165, 1.54) is 0 Å². The Hall–Kier alpha value is -1.66. The Balaban J connectivity index is 1.70. The van der Waals surface area contributed by atoms with Crippen LogP contribution in [0.25, 0.3) is 10.2 Å². The van der Waals surface area contributed by atoms with Gasteiger partial charge in [-0.25, -0.2) is 4.98 Å². The lowest BCUT2D eigenvalue weighted by atomic mass is 10.3. The van der Waals surface area contributed by atoms with E-state index in [9.17, 15) is 4.79 Å². The molecule has 6 heteroatoms. The largest absolute Gasteiger partial charge is 0.356 e. The SMILES string of the molecule is O=C(NCc1nc2ccccc2s1)c1cc(Br)c[nH]1. The fourth-order valence-corrected chi connectivity index (χ4v) is 3.00. The second kappa shape index (κ2) is 5.14. The number of nitrogens with zero attached hydrogens (tertiary/aromatic N) is 1. The molecule has 96 valence electrons. The topological polar surface area (TPSA) is 57.8 Å². The molecule has 1 amide bonds. The summed E-state index contributed by atoms with van der Waals surface area (Å²) < 4.78 is 1.99.